The summed E-state index contributed by atoms with van der Waals surface area (Å²) in [7, 11) is 1.57. The van der Waals surface area contributed by atoms with Gasteiger partial charge in [0.2, 0.25) is 0 Å². The number of nitrogens with zero attached hydrogens (tertiary/aromatic N) is 1. The van der Waals surface area contributed by atoms with Gasteiger partial charge < -0.3 is 28.4 Å². The summed E-state index contributed by atoms with van der Waals surface area (Å²) in [6.07, 6.45) is 1.54. The van der Waals surface area contributed by atoms with Crippen molar-refractivity contribution in [3.8, 4) is 34.5 Å². The predicted octanol–water partition coefficient (Wildman–Crippen LogP) is 7.99. The van der Waals surface area contributed by atoms with Crippen LogP contribution in [-0.4, -0.2) is 32.4 Å². The first kappa shape index (κ1) is 34.4. The Morgan fingerprint density at radius 1 is 0.571 bits per heavy atom. The first-order chi connectivity index (χ1) is 24.1. The van der Waals surface area contributed by atoms with Crippen LogP contribution in [-0.2, 0) is 19.8 Å². The first-order valence-electron chi connectivity index (χ1n) is 16.1. The van der Waals surface area contributed by atoms with Crippen molar-refractivity contribution in [3.05, 3.63) is 143 Å². The number of rotatable bonds is 17. The number of nitrogens with one attached hydrogen (secondary N) is 1. The quantitative estimate of drug-likeness (QED) is 0.0798. The fraction of sp³-hybridized carbons (Fsp3) is 0.200. The maximum atomic E-state index is 12.9. The molecule has 0 radical (unpaired) electrons. The molecule has 1 amide bonds. The van der Waals surface area contributed by atoms with E-state index in [2.05, 4.69) is 10.5 Å². The van der Waals surface area contributed by atoms with Crippen LogP contribution < -0.4 is 33.8 Å². The highest BCUT2D eigenvalue weighted by Gasteiger charge is 2.13. The fourth-order valence-electron chi connectivity index (χ4n) is 4.81. The summed E-state index contributed by atoms with van der Waals surface area (Å²) in [4.78, 5) is 12.9. The third-order valence-electron chi connectivity index (χ3n) is 7.25. The lowest BCUT2D eigenvalue weighted by Gasteiger charge is -2.15. The molecule has 0 heterocycles. The van der Waals surface area contributed by atoms with E-state index >= 15 is 0 Å². The third kappa shape index (κ3) is 10.0. The molecule has 0 aromatic heterocycles. The molecule has 0 saturated heterocycles. The van der Waals surface area contributed by atoms with Gasteiger partial charge in [0.15, 0.2) is 34.5 Å². The smallest absolute Gasteiger partial charge is 0.271 e. The normalized spacial score (nSPS) is 10.8. The summed E-state index contributed by atoms with van der Waals surface area (Å²) in [5.74, 6) is 3.06. The standard InChI is InChI=1S/C40H40N2O7/c1-4-45-38-23-32(17-20-35(38)47-26-29-12-8-6-9-13-29)28-49-34-19-16-31(22-37(34)44-3)25-41-42-40(43)33-18-21-36(39(24-33)46-5-2)48-27-30-14-10-7-11-15-30/h6-25H,4-5,26-28H2,1-3H3,(H,42,43)/b41-25+. The lowest BCUT2D eigenvalue weighted by atomic mass is 10.2. The van der Waals surface area contributed by atoms with Gasteiger partial charge in [-0.3, -0.25) is 4.79 Å². The number of carbonyl (C=O) groups excluding carboxylic acids is 1. The second-order valence-electron chi connectivity index (χ2n) is 10.8. The summed E-state index contributed by atoms with van der Waals surface area (Å²) < 4.78 is 35.2. The van der Waals surface area contributed by atoms with Gasteiger partial charge >= 0.3 is 0 Å². The molecule has 5 aromatic rings. The molecule has 1 N–H and O–H groups in total. The summed E-state index contributed by atoms with van der Waals surface area (Å²) >= 11 is 0. The second kappa shape index (κ2) is 17.8. The van der Waals surface area contributed by atoms with E-state index in [-0.39, 0.29) is 5.91 Å². The van der Waals surface area contributed by atoms with Crippen LogP contribution in [0.2, 0.25) is 0 Å². The molecule has 0 aliphatic rings. The Balaban J connectivity index is 1.17. The summed E-state index contributed by atoms with van der Waals surface area (Å²) in [6.45, 7) is 5.87. The highest BCUT2D eigenvalue weighted by Crippen LogP contribution is 2.32. The number of carbonyl (C=O) groups is 1. The molecule has 9 nitrogen and oxygen atoms in total. The van der Waals surface area contributed by atoms with Gasteiger partial charge in [0, 0.05) is 5.56 Å². The maximum absolute atomic E-state index is 12.9. The van der Waals surface area contributed by atoms with Crippen molar-refractivity contribution in [2.75, 3.05) is 20.3 Å². The molecule has 0 fully saturated rings. The Labute approximate surface area is 287 Å². The fourth-order valence-corrected chi connectivity index (χ4v) is 4.81. The molecule has 5 rings (SSSR count). The lowest BCUT2D eigenvalue weighted by Crippen LogP contribution is -2.17. The monoisotopic (exact) mass is 660 g/mol. The minimum absolute atomic E-state index is 0.290. The zero-order valence-electron chi connectivity index (χ0n) is 27.9. The molecular weight excluding hydrogens is 620 g/mol. The van der Waals surface area contributed by atoms with E-state index in [0.717, 1.165) is 16.7 Å². The minimum atomic E-state index is -0.387. The highest BCUT2D eigenvalue weighted by molar-refractivity contribution is 5.95. The molecule has 49 heavy (non-hydrogen) atoms. The summed E-state index contributed by atoms with van der Waals surface area (Å²) in [5, 5.41) is 4.14. The zero-order chi connectivity index (χ0) is 34.3. The van der Waals surface area contributed by atoms with Crippen LogP contribution in [0.25, 0.3) is 0 Å². The van der Waals surface area contributed by atoms with Crippen LogP contribution in [0.15, 0.2) is 120 Å². The topological polar surface area (TPSA) is 96.8 Å². The molecule has 0 bridgehead atoms. The number of ether oxygens (including phenoxy) is 6. The predicted molar refractivity (Wildman–Crippen MR) is 189 cm³/mol. The van der Waals surface area contributed by atoms with E-state index in [4.69, 9.17) is 28.4 Å². The van der Waals surface area contributed by atoms with Gasteiger partial charge in [-0.1, -0.05) is 66.7 Å². The summed E-state index contributed by atoms with van der Waals surface area (Å²) in [5.41, 5.74) is 6.69. The molecule has 0 atom stereocenters. The molecular formula is C40H40N2O7. The molecule has 0 spiro atoms. The average Bonchev–Trinajstić information content (AvgIpc) is 3.14. The molecule has 0 aliphatic heterocycles. The van der Waals surface area contributed by atoms with Crippen molar-refractivity contribution in [1.82, 2.24) is 5.43 Å². The van der Waals surface area contributed by atoms with Crippen molar-refractivity contribution in [1.29, 1.82) is 0 Å². The van der Waals surface area contributed by atoms with E-state index < -0.39 is 0 Å². The number of hydrazone groups is 1. The highest BCUT2D eigenvalue weighted by atomic mass is 16.5. The minimum Gasteiger partial charge on any atom is -0.493 e. The van der Waals surface area contributed by atoms with Crippen LogP contribution in [0.4, 0.5) is 0 Å². The van der Waals surface area contributed by atoms with Gasteiger partial charge in [-0.15, -0.1) is 0 Å². The van der Waals surface area contributed by atoms with Crippen molar-refractivity contribution < 1.29 is 33.2 Å². The molecule has 252 valence electrons. The Hall–Kier alpha value is -5.96. The molecule has 9 heteroatoms. The number of amides is 1. The molecule has 0 saturated carbocycles. The Morgan fingerprint density at radius 2 is 1.10 bits per heavy atom. The van der Waals surface area contributed by atoms with E-state index in [1.54, 1.807) is 37.4 Å². The molecule has 5 aromatic carbocycles. The zero-order valence-corrected chi connectivity index (χ0v) is 27.9. The Kier molecular flexibility index (Phi) is 12.5. The molecule has 0 aliphatic carbocycles. The van der Waals surface area contributed by atoms with Crippen LogP contribution in [0.1, 0.15) is 46.5 Å². The number of benzene rings is 5. The van der Waals surface area contributed by atoms with Crippen molar-refractivity contribution in [2.45, 2.75) is 33.7 Å². The maximum Gasteiger partial charge on any atom is 0.271 e. The largest absolute Gasteiger partial charge is 0.493 e. The van der Waals surface area contributed by atoms with Gasteiger partial charge in [0.25, 0.3) is 5.91 Å². The average molecular weight is 661 g/mol. The van der Waals surface area contributed by atoms with Gasteiger partial charge in [-0.25, -0.2) is 5.43 Å². The second-order valence-corrected chi connectivity index (χ2v) is 10.8. The Bertz CT molecular complexity index is 1830. The molecule has 0 unspecified atom stereocenters. The van der Waals surface area contributed by atoms with Gasteiger partial charge in [-0.2, -0.15) is 5.10 Å². The van der Waals surface area contributed by atoms with Crippen molar-refractivity contribution in [3.63, 3.8) is 0 Å². The van der Waals surface area contributed by atoms with Crippen LogP contribution in [0.3, 0.4) is 0 Å². The van der Waals surface area contributed by atoms with Crippen molar-refractivity contribution in [2.24, 2.45) is 5.10 Å². The SMILES string of the molecule is CCOc1cc(COc2ccc(/C=N/NC(=O)c3ccc(OCc4ccccc4)c(OCC)c3)cc2OC)ccc1OCc1ccccc1. The number of methoxy groups -OCH3 is 1. The number of hydrogen-bond donors (Lipinski definition) is 1. The van der Waals surface area contributed by atoms with Crippen LogP contribution in [0.5, 0.6) is 34.5 Å². The van der Waals surface area contributed by atoms with Crippen LogP contribution in [0, 0.1) is 0 Å². The number of hydrogen-bond acceptors (Lipinski definition) is 8. The first-order valence-corrected chi connectivity index (χ1v) is 16.1. The third-order valence-corrected chi connectivity index (χ3v) is 7.25. The Morgan fingerprint density at radius 3 is 1.69 bits per heavy atom. The van der Waals surface area contributed by atoms with Crippen LogP contribution >= 0.6 is 0 Å². The van der Waals surface area contributed by atoms with E-state index in [1.807, 2.05) is 98.8 Å². The summed E-state index contributed by atoms with van der Waals surface area (Å²) in [6, 6.07) is 36.0. The van der Waals surface area contributed by atoms with Crippen molar-refractivity contribution >= 4 is 12.1 Å². The van der Waals surface area contributed by atoms with E-state index in [1.165, 1.54) is 6.21 Å². The lowest BCUT2D eigenvalue weighted by molar-refractivity contribution is 0.0954. The van der Waals surface area contributed by atoms with E-state index in [0.29, 0.717) is 78.7 Å². The van der Waals surface area contributed by atoms with Gasteiger partial charge in [0.05, 0.1) is 26.5 Å². The van der Waals surface area contributed by atoms with Gasteiger partial charge in [0.1, 0.15) is 19.8 Å². The van der Waals surface area contributed by atoms with E-state index in [9.17, 15) is 4.79 Å². The van der Waals surface area contributed by atoms with Gasteiger partial charge in [-0.05, 0) is 84.6 Å².